The van der Waals surface area contributed by atoms with Crippen molar-refractivity contribution in [2.45, 2.75) is 39.3 Å². The number of aryl methyl sites for hydroxylation is 3. The molecule has 9 heteroatoms. The molecular weight excluding hydrogens is 474 g/mol. The molecule has 3 aliphatic rings. The molecule has 2 atom stereocenters. The lowest BCUT2D eigenvalue weighted by Gasteiger charge is -2.46. The third kappa shape index (κ3) is 4.86. The Morgan fingerprint density at radius 1 is 1.08 bits per heavy atom. The van der Waals surface area contributed by atoms with Gasteiger partial charge in [0.25, 0.3) is 5.78 Å². The number of fused-ring (bicyclic) bond motifs is 1. The lowest BCUT2D eigenvalue weighted by atomic mass is 9.96. The summed E-state index contributed by atoms with van der Waals surface area (Å²) in [5.41, 5.74) is 5.66. The molecule has 3 aromatic rings. The predicted octanol–water partition coefficient (Wildman–Crippen LogP) is 2.45. The minimum Gasteiger partial charge on any atom is -0.368 e. The predicted molar refractivity (Wildman–Crippen MR) is 150 cm³/mol. The van der Waals surface area contributed by atoms with Crippen molar-refractivity contribution in [3.05, 3.63) is 71.2 Å². The largest absolute Gasteiger partial charge is 0.368 e. The monoisotopic (exact) mass is 513 g/mol. The van der Waals surface area contributed by atoms with Gasteiger partial charge in [-0.05, 0) is 69.9 Å². The maximum Gasteiger partial charge on any atom is 0.252 e. The van der Waals surface area contributed by atoms with Crippen LogP contribution in [0.3, 0.4) is 0 Å². The summed E-state index contributed by atoms with van der Waals surface area (Å²) in [5, 5.41) is 8.46. The van der Waals surface area contributed by atoms with Crippen molar-refractivity contribution in [3.63, 3.8) is 0 Å². The van der Waals surface area contributed by atoms with Gasteiger partial charge < -0.3 is 10.2 Å². The van der Waals surface area contributed by atoms with Crippen LogP contribution < -0.4 is 5.32 Å². The van der Waals surface area contributed by atoms with Crippen LogP contribution in [0.1, 0.15) is 34.8 Å². The van der Waals surface area contributed by atoms with Crippen LogP contribution in [0.25, 0.3) is 11.4 Å². The summed E-state index contributed by atoms with van der Waals surface area (Å²) in [6, 6.07) is 4.12. The summed E-state index contributed by atoms with van der Waals surface area (Å²) in [6.07, 6.45) is 12.8. The first kappa shape index (κ1) is 25.2. The van der Waals surface area contributed by atoms with Crippen molar-refractivity contribution < 1.29 is 0 Å². The second-order valence-electron chi connectivity index (χ2n) is 11.3. The molecule has 0 aliphatic carbocycles. The number of pyridine rings is 1. The molecule has 200 valence electrons. The molecule has 3 aromatic heterocycles. The molecular formula is C29H39N9. The highest BCUT2D eigenvalue weighted by Crippen LogP contribution is 2.32. The van der Waals surface area contributed by atoms with E-state index in [0.717, 1.165) is 69.3 Å². The number of hydrogen-bond acceptors (Lipinski definition) is 8. The Kier molecular flexibility index (Phi) is 6.75. The first-order valence-electron chi connectivity index (χ1n) is 13.8. The van der Waals surface area contributed by atoms with Gasteiger partial charge in [-0.15, -0.1) is 0 Å². The minimum atomic E-state index is -0.217. The maximum absolute atomic E-state index is 4.77. The fourth-order valence-electron chi connectivity index (χ4n) is 6.24. The number of likely N-dealkylation sites (N-methyl/N-ethyl adjacent to an activating group) is 1. The van der Waals surface area contributed by atoms with Crippen molar-refractivity contribution in [2.75, 3.05) is 52.9 Å². The van der Waals surface area contributed by atoms with E-state index >= 15 is 0 Å². The van der Waals surface area contributed by atoms with Gasteiger partial charge in [0, 0.05) is 81.4 Å². The SMILES string of the molecule is Cc1nc2nc(C)c(C[C@@H]3CCN(C4(CN5CCN(C)CC5)C=CC(c5cccnc5)=CN4)C3)c(C)n2n1. The van der Waals surface area contributed by atoms with Crippen LogP contribution in [0.2, 0.25) is 0 Å². The molecule has 6 heterocycles. The number of nitrogens with one attached hydrogen (secondary N) is 1. The zero-order chi connectivity index (χ0) is 26.3. The summed E-state index contributed by atoms with van der Waals surface area (Å²) in [4.78, 5) is 21.3. The van der Waals surface area contributed by atoms with Gasteiger partial charge in [-0.2, -0.15) is 10.1 Å². The molecule has 38 heavy (non-hydrogen) atoms. The van der Waals surface area contributed by atoms with E-state index in [0.29, 0.717) is 11.7 Å². The lowest BCUT2D eigenvalue weighted by Crippen LogP contribution is -2.63. The Labute approximate surface area is 225 Å². The number of piperazine rings is 1. The number of nitrogens with zero attached hydrogens (tertiary/aromatic N) is 8. The average Bonchev–Trinajstić information content (AvgIpc) is 3.55. The van der Waals surface area contributed by atoms with E-state index in [-0.39, 0.29) is 5.66 Å². The Morgan fingerprint density at radius 3 is 2.66 bits per heavy atom. The van der Waals surface area contributed by atoms with E-state index in [4.69, 9.17) is 4.98 Å². The molecule has 1 unspecified atom stereocenters. The van der Waals surface area contributed by atoms with Gasteiger partial charge in [0.1, 0.15) is 11.5 Å². The molecule has 0 spiro atoms. The summed E-state index contributed by atoms with van der Waals surface area (Å²) < 4.78 is 1.91. The molecule has 0 bridgehead atoms. The Hall–Kier alpha value is -3.14. The van der Waals surface area contributed by atoms with Crippen LogP contribution in [0, 0.1) is 26.7 Å². The Balaban J connectivity index is 1.22. The normalized spacial score (nSPS) is 25.2. The first-order chi connectivity index (χ1) is 18.4. The van der Waals surface area contributed by atoms with E-state index in [9.17, 15) is 0 Å². The van der Waals surface area contributed by atoms with E-state index < -0.39 is 0 Å². The average molecular weight is 514 g/mol. The van der Waals surface area contributed by atoms with Gasteiger partial charge in [-0.25, -0.2) is 9.50 Å². The topological polar surface area (TPSA) is 77.7 Å². The fourth-order valence-corrected chi connectivity index (χ4v) is 6.24. The van der Waals surface area contributed by atoms with Crippen LogP contribution in [0.15, 0.2) is 42.9 Å². The van der Waals surface area contributed by atoms with Crippen molar-refractivity contribution in [1.29, 1.82) is 0 Å². The van der Waals surface area contributed by atoms with Crippen molar-refractivity contribution in [3.8, 4) is 0 Å². The summed E-state index contributed by atoms with van der Waals surface area (Å²) >= 11 is 0. The van der Waals surface area contributed by atoms with E-state index in [2.05, 4.69) is 80.4 Å². The highest BCUT2D eigenvalue weighted by Gasteiger charge is 2.41. The minimum absolute atomic E-state index is 0.217. The maximum atomic E-state index is 4.77. The van der Waals surface area contributed by atoms with Crippen LogP contribution in [0.5, 0.6) is 0 Å². The van der Waals surface area contributed by atoms with Crippen LogP contribution in [-0.2, 0) is 6.42 Å². The first-order valence-corrected chi connectivity index (χ1v) is 13.8. The second-order valence-corrected chi connectivity index (χ2v) is 11.3. The molecule has 9 nitrogen and oxygen atoms in total. The van der Waals surface area contributed by atoms with E-state index in [1.54, 1.807) is 0 Å². The summed E-state index contributed by atoms with van der Waals surface area (Å²) in [6.45, 7) is 13.7. The van der Waals surface area contributed by atoms with E-state index in [1.807, 2.05) is 29.9 Å². The summed E-state index contributed by atoms with van der Waals surface area (Å²) in [5.74, 6) is 2.04. The fraction of sp³-hybridized carbons (Fsp3) is 0.517. The number of likely N-dealkylation sites (tertiary alicyclic amines) is 1. The smallest absolute Gasteiger partial charge is 0.252 e. The molecule has 0 radical (unpaired) electrons. The highest BCUT2D eigenvalue weighted by atomic mass is 15.4. The number of aromatic nitrogens is 5. The molecule has 0 aromatic carbocycles. The van der Waals surface area contributed by atoms with Gasteiger partial charge in [-0.3, -0.25) is 14.8 Å². The molecule has 0 amide bonds. The zero-order valence-corrected chi connectivity index (χ0v) is 23.1. The van der Waals surface area contributed by atoms with Crippen LogP contribution in [0.4, 0.5) is 0 Å². The second kappa shape index (κ2) is 10.2. The molecule has 3 aliphatic heterocycles. The zero-order valence-electron chi connectivity index (χ0n) is 23.1. The van der Waals surface area contributed by atoms with Crippen molar-refractivity contribution in [1.82, 2.24) is 44.6 Å². The standard InChI is InChI=1S/C29H39N9/c1-21-27(22(2)38-28(32-21)33-23(3)34-38)16-24-8-11-37(19-24)29(20-36-14-12-35(4)13-15-36)9-7-26(18-31-29)25-6-5-10-30-17-25/h5-7,9-10,17-18,24,31H,8,11-16,19-20H2,1-4H3/t24-,29?/m0/s1. The Bertz CT molecular complexity index is 1350. The van der Waals surface area contributed by atoms with E-state index in [1.165, 1.54) is 23.3 Å². The lowest BCUT2D eigenvalue weighted by molar-refractivity contribution is 0.0589. The van der Waals surface area contributed by atoms with Crippen LogP contribution >= 0.6 is 0 Å². The van der Waals surface area contributed by atoms with Gasteiger partial charge in [0.2, 0.25) is 0 Å². The third-order valence-electron chi connectivity index (χ3n) is 8.57. The summed E-state index contributed by atoms with van der Waals surface area (Å²) in [7, 11) is 2.22. The van der Waals surface area contributed by atoms with Gasteiger partial charge >= 0.3 is 0 Å². The van der Waals surface area contributed by atoms with Crippen molar-refractivity contribution >= 4 is 11.4 Å². The number of hydrogen-bond donors (Lipinski definition) is 1. The molecule has 2 saturated heterocycles. The number of rotatable bonds is 6. The highest BCUT2D eigenvalue weighted by molar-refractivity contribution is 5.74. The molecule has 0 saturated carbocycles. The molecule has 6 rings (SSSR count). The molecule has 1 N–H and O–H groups in total. The number of dihydropyridines is 1. The molecule has 2 fully saturated rings. The Morgan fingerprint density at radius 2 is 1.92 bits per heavy atom. The van der Waals surface area contributed by atoms with Crippen molar-refractivity contribution in [2.24, 2.45) is 5.92 Å². The van der Waals surface area contributed by atoms with Gasteiger partial charge in [0.15, 0.2) is 0 Å². The van der Waals surface area contributed by atoms with Gasteiger partial charge in [-0.1, -0.05) is 12.1 Å². The third-order valence-corrected chi connectivity index (χ3v) is 8.57. The van der Waals surface area contributed by atoms with Crippen LogP contribution in [-0.4, -0.2) is 97.8 Å². The van der Waals surface area contributed by atoms with Gasteiger partial charge in [0.05, 0.1) is 0 Å². The number of allylic oxidation sites excluding steroid dienone is 2. The quantitative estimate of drug-likeness (QED) is 0.539.